The van der Waals surface area contributed by atoms with E-state index in [1.807, 2.05) is 13.1 Å². The Kier molecular flexibility index (Phi) is 7.16. The molecule has 3 N–H and O–H groups in total. The van der Waals surface area contributed by atoms with Gasteiger partial charge in [-0.2, -0.15) is 0 Å². The maximum Gasteiger partial charge on any atom is 0.514 e. The van der Waals surface area contributed by atoms with Gasteiger partial charge in [-0.15, -0.1) is 0 Å². The molecule has 230 valence electrons. The van der Waals surface area contributed by atoms with E-state index in [9.17, 15) is 29.7 Å². The Bertz CT molecular complexity index is 1340. The molecular formula is C30H39NO11. The van der Waals surface area contributed by atoms with Crippen molar-refractivity contribution in [1.82, 2.24) is 4.90 Å². The number of esters is 2. The normalized spacial score (nSPS) is 29.3. The van der Waals surface area contributed by atoms with Gasteiger partial charge in [0.1, 0.15) is 17.0 Å². The molecule has 0 amide bonds. The van der Waals surface area contributed by atoms with Crippen molar-refractivity contribution >= 4 is 18.1 Å². The number of hydrogen-bond donors (Lipinski definition) is 3. The molecule has 5 rings (SSSR count). The van der Waals surface area contributed by atoms with Crippen LogP contribution >= 0.6 is 0 Å². The van der Waals surface area contributed by atoms with Crippen LogP contribution in [0.3, 0.4) is 0 Å². The quantitative estimate of drug-likeness (QED) is 0.260. The van der Waals surface area contributed by atoms with Gasteiger partial charge in [-0.1, -0.05) is 6.07 Å². The second-order valence-electron chi connectivity index (χ2n) is 13.5. The highest BCUT2D eigenvalue weighted by Crippen LogP contribution is 2.65. The highest BCUT2D eigenvalue weighted by Gasteiger charge is 2.72. The Morgan fingerprint density at radius 2 is 1.64 bits per heavy atom. The molecule has 1 fully saturated rings. The van der Waals surface area contributed by atoms with Crippen molar-refractivity contribution < 1.29 is 53.4 Å². The number of piperidine rings is 1. The van der Waals surface area contributed by atoms with E-state index in [4.69, 9.17) is 23.7 Å². The molecule has 0 aromatic heterocycles. The first-order valence-electron chi connectivity index (χ1n) is 14.1. The second kappa shape index (κ2) is 9.94. The minimum Gasteiger partial charge on any atom is -0.477 e. The van der Waals surface area contributed by atoms with E-state index >= 15 is 0 Å². The number of likely N-dealkylation sites (N-methyl/N-ethyl adjacent to an activating group) is 1. The van der Waals surface area contributed by atoms with Crippen LogP contribution in [0.4, 0.5) is 4.79 Å². The number of benzene rings is 1. The van der Waals surface area contributed by atoms with Gasteiger partial charge in [-0.3, -0.25) is 0 Å². The van der Waals surface area contributed by atoms with Gasteiger partial charge < -0.3 is 43.9 Å². The maximum absolute atomic E-state index is 13.0. The van der Waals surface area contributed by atoms with E-state index in [1.54, 1.807) is 47.6 Å². The summed E-state index contributed by atoms with van der Waals surface area (Å²) in [6.45, 7) is 10.5. The number of aliphatic hydroxyl groups is 3. The van der Waals surface area contributed by atoms with Crippen LogP contribution in [-0.4, -0.2) is 93.1 Å². The Hall–Kier alpha value is -3.19. The lowest BCUT2D eigenvalue weighted by atomic mass is 9.50. The fraction of sp³-hybridized carbons (Fsp3) is 0.633. The lowest BCUT2D eigenvalue weighted by Crippen LogP contribution is -2.74. The average Bonchev–Trinajstić information content (AvgIpc) is 3.22. The lowest BCUT2D eigenvalue weighted by Gasteiger charge is -2.61. The zero-order valence-corrected chi connectivity index (χ0v) is 24.9. The number of hydrogen-bond acceptors (Lipinski definition) is 12. The predicted octanol–water partition coefficient (Wildman–Crippen LogP) is 1.88. The third kappa shape index (κ3) is 4.83. The van der Waals surface area contributed by atoms with Crippen molar-refractivity contribution in [3.63, 3.8) is 0 Å². The molecule has 1 spiro atoms. The number of rotatable bonds is 5. The molecule has 1 saturated heterocycles. The summed E-state index contributed by atoms with van der Waals surface area (Å²) in [6.07, 6.45) is -3.79. The molecule has 2 aliphatic carbocycles. The molecule has 12 nitrogen and oxygen atoms in total. The highest BCUT2D eigenvalue weighted by molar-refractivity contribution is 5.86. The van der Waals surface area contributed by atoms with Crippen LogP contribution in [0.15, 0.2) is 24.0 Å². The molecule has 1 aromatic carbocycles. The molecule has 6 atom stereocenters. The summed E-state index contributed by atoms with van der Waals surface area (Å²) in [6, 6.07) is 3.17. The Morgan fingerprint density at radius 3 is 2.29 bits per heavy atom. The van der Waals surface area contributed by atoms with Gasteiger partial charge in [0.25, 0.3) is 0 Å². The van der Waals surface area contributed by atoms with Crippen LogP contribution < -0.4 is 9.47 Å². The van der Waals surface area contributed by atoms with Crippen molar-refractivity contribution in [3.05, 3.63) is 35.1 Å². The summed E-state index contributed by atoms with van der Waals surface area (Å²) in [4.78, 5) is 40.0. The topological polar surface area (TPSA) is 161 Å². The molecule has 2 aliphatic heterocycles. The number of carbonyl (C=O) groups excluding carboxylic acids is 3. The number of nitrogens with zero attached hydrogens (tertiary/aromatic N) is 1. The van der Waals surface area contributed by atoms with Gasteiger partial charge in [0, 0.05) is 18.0 Å². The minimum absolute atomic E-state index is 0.00989. The first-order valence-corrected chi connectivity index (χ1v) is 14.1. The monoisotopic (exact) mass is 589 g/mol. The van der Waals surface area contributed by atoms with Gasteiger partial charge in [0.15, 0.2) is 29.8 Å². The summed E-state index contributed by atoms with van der Waals surface area (Å²) in [7, 11) is 1.94. The number of aliphatic hydroxyl groups excluding tert-OH is 2. The fourth-order valence-corrected chi connectivity index (χ4v) is 6.66. The van der Waals surface area contributed by atoms with Crippen LogP contribution in [0.5, 0.6) is 11.5 Å². The number of carbonyl (C=O) groups is 3. The standard InChI is InChI=1S/C30H39NO11/c1-27(2,3)41-25(35)21(33)20(32)24(34)38-17-10-11-30(37)18-14-15-8-9-16(39-26(36)42-28(4,5)6)22-19(15)29(30,23(17)40-22)12-13-31(18)7/h8-10,18,20-21,23,32-33,37H,11-14H2,1-7H3/t18-,20-,21-,23+,29+,30-/m1/s1. The number of ether oxygens (including phenoxy) is 5. The SMILES string of the molecule is CN1CC[C@]23c4c5ccc(OC(=O)OC(C)(C)C)c4O[C@H]2C(OC(=O)[C@H](O)[C@@H](O)C(=O)OC(C)(C)C)=CC[C@@]3(O)[C@H]1C5. The minimum atomic E-state index is -2.24. The van der Waals surface area contributed by atoms with Crippen LogP contribution in [-0.2, 0) is 35.6 Å². The van der Waals surface area contributed by atoms with Crippen LogP contribution in [0.1, 0.15) is 65.5 Å². The molecule has 12 heteroatoms. The molecule has 0 unspecified atom stereocenters. The summed E-state index contributed by atoms with van der Waals surface area (Å²) in [5.74, 6) is -2.12. The lowest BCUT2D eigenvalue weighted by molar-refractivity contribution is -0.183. The van der Waals surface area contributed by atoms with E-state index in [2.05, 4.69) is 4.90 Å². The van der Waals surface area contributed by atoms with E-state index in [-0.39, 0.29) is 29.7 Å². The molecular weight excluding hydrogens is 550 g/mol. The van der Waals surface area contributed by atoms with Crippen molar-refractivity contribution in [1.29, 1.82) is 0 Å². The molecule has 4 aliphatic rings. The van der Waals surface area contributed by atoms with Crippen molar-refractivity contribution in [2.45, 2.75) is 107 Å². The zero-order valence-electron chi connectivity index (χ0n) is 24.9. The third-order valence-electron chi connectivity index (χ3n) is 8.33. The molecule has 2 heterocycles. The Morgan fingerprint density at radius 1 is 1.00 bits per heavy atom. The molecule has 0 saturated carbocycles. The smallest absolute Gasteiger partial charge is 0.477 e. The fourth-order valence-electron chi connectivity index (χ4n) is 6.66. The van der Waals surface area contributed by atoms with Crippen LogP contribution in [0.2, 0.25) is 0 Å². The second-order valence-corrected chi connectivity index (χ2v) is 13.5. The van der Waals surface area contributed by atoms with Gasteiger partial charge in [-0.25, -0.2) is 14.4 Å². The zero-order chi connectivity index (χ0) is 31.0. The van der Waals surface area contributed by atoms with Crippen molar-refractivity contribution in [2.24, 2.45) is 0 Å². The molecule has 0 radical (unpaired) electrons. The summed E-state index contributed by atoms with van der Waals surface area (Å²) < 4.78 is 28.0. The predicted molar refractivity (Wildman–Crippen MR) is 146 cm³/mol. The summed E-state index contributed by atoms with van der Waals surface area (Å²) >= 11 is 0. The first kappa shape index (κ1) is 30.3. The first-order chi connectivity index (χ1) is 19.4. The van der Waals surface area contributed by atoms with Gasteiger partial charge in [-0.05, 0) is 85.7 Å². The highest BCUT2D eigenvalue weighted by atomic mass is 16.7. The van der Waals surface area contributed by atoms with Gasteiger partial charge >= 0.3 is 18.1 Å². The molecule has 1 aromatic rings. The van der Waals surface area contributed by atoms with Crippen molar-refractivity contribution in [3.8, 4) is 11.5 Å². The summed E-state index contributed by atoms with van der Waals surface area (Å²) in [5.41, 5.74) is -2.56. The Labute approximate surface area is 244 Å². The van der Waals surface area contributed by atoms with Crippen LogP contribution in [0.25, 0.3) is 0 Å². The average molecular weight is 590 g/mol. The van der Waals surface area contributed by atoms with Gasteiger partial charge in [0.05, 0.1) is 11.0 Å². The Balaban J connectivity index is 1.49. The largest absolute Gasteiger partial charge is 0.514 e. The molecule has 42 heavy (non-hydrogen) atoms. The molecule has 2 bridgehead atoms. The van der Waals surface area contributed by atoms with E-state index in [0.29, 0.717) is 24.9 Å². The third-order valence-corrected chi connectivity index (χ3v) is 8.33. The maximum atomic E-state index is 13.0. The van der Waals surface area contributed by atoms with E-state index in [0.717, 1.165) is 5.56 Å². The van der Waals surface area contributed by atoms with E-state index in [1.165, 1.54) is 6.08 Å². The van der Waals surface area contributed by atoms with Gasteiger partial charge in [0.2, 0.25) is 0 Å². The van der Waals surface area contributed by atoms with E-state index < -0.39 is 58.6 Å². The van der Waals surface area contributed by atoms with Crippen LogP contribution in [0, 0.1) is 0 Å². The van der Waals surface area contributed by atoms with Crippen molar-refractivity contribution in [2.75, 3.05) is 13.6 Å². The summed E-state index contributed by atoms with van der Waals surface area (Å²) in [5, 5.41) is 33.1. The number of likely N-dealkylation sites (tertiary alicyclic amines) is 1.